The third kappa shape index (κ3) is 6.02. The lowest BCUT2D eigenvalue weighted by molar-refractivity contribution is -0.123. The van der Waals surface area contributed by atoms with E-state index in [0.717, 1.165) is 12.0 Å². The first-order valence-electron chi connectivity index (χ1n) is 8.84. The van der Waals surface area contributed by atoms with Gasteiger partial charge in [0.1, 0.15) is 17.2 Å². The fourth-order valence-corrected chi connectivity index (χ4v) is 2.41. The molecule has 0 heterocycles. The van der Waals surface area contributed by atoms with Gasteiger partial charge in [-0.25, -0.2) is 5.43 Å². The Balaban J connectivity index is 1.85. The maximum Gasteiger partial charge on any atom is 0.277 e. The molecule has 6 heteroatoms. The van der Waals surface area contributed by atoms with Crippen LogP contribution in [0.4, 0.5) is 0 Å². The summed E-state index contributed by atoms with van der Waals surface area (Å²) in [5.41, 5.74) is 4.42. The van der Waals surface area contributed by atoms with Crippen LogP contribution in [0.15, 0.2) is 47.6 Å². The van der Waals surface area contributed by atoms with Crippen molar-refractivity contribution in [3.05, 3.63) is 53.6 Å². The number of carbonyl (C=O) groups excluding carboxylic acids is 1. The Kier molecular flexibility index (Phi) is 7.67. The largest absolute Gasteiger partial charge is 0.497 e. The van der Waals surface area contributed by atoms with Gasteiger partial charge >= 0.3 is 0 Å². The standard InChI is InChI=1S/C21H26N2O4/c1-5-15(2)16-6-9-18(10-7-16)27-14-21(24)23-22-13-17-8-11-19(25-3)12-20(17)26-4/h6-13,15H,5,14H2,1-4H3,(H,23,24)/b22-13+. The molecule has 0 aliphatic heterocycles. The van der Waals surface area contributed by atoms with Crippen molar-refractivity contribution in [2.24, 2.45) is 5.10 Å². The summed E-state index contributed by atoms with van der Waals surface area (Å²) in [7, 11) is 3.14. The lowest BCUT2D eigenvalue weighted by Crippen LogP contribution is -2.24. The van der Waals surface area contributed by atoms with Crippen LogP contribution in [-0.2, 0) is 4.79 Å². The minimum Gasteiger partial charge on any atom is -0.497 e. The SMILES string of the molecule is CCC(C)c1ccc(OCC(=O)N/N=C/c2ccc(OC)cc2OC)cc1. The van der Waals surface area contributed by atoms with Gasteiger partial charge in [-0.2, -0.15) is 5.10 Å². The average molecular weight is 370 g/mol. The van der Waals surface area contributed by atoms with E-state index in [2.05, 4.69) is 24.4 Å². The Hall–Kier alpha value is -3.02. The van der Waals surface area contributed by atoms with Crippen molar-refractivity contribution in [2.75, 3.05) is 20.8 Å². The molecular formula is C21H26N2O4. The monoisotopic (exact) mass is 370 g/mol. The first-order chi connectivity index (χ1) is 13.1. The molecule has 144 valence electrons. The summed E-state index contributed by atoms with van der Waals surface area (Å²) in [6.45, 7) is 4.22. The summed E-state index contributed by atoms with van der Waals surface area (Å²) in [4.78, 5) is 11.9. The van der Waals surface area contributed by atoms with Crippen LogP contribution in [0.1, 0.15) is 37.3 Å². The van der Waals surface area contributed by atoms with Crippen LogP contribution in [0.2, 0.25) is 0 Å². The molecule has 27 heavy (non-hydrogen) atoms. The molecule has 0 spiro atoms. The van der Waals surface area contributed by atoms with E-state index in [1.807, 2.05) is 24.3 Å². The van der Waals surface area contributed by atoms with Crippen LogP contribution < -0.4 is 19.6 Å². The second-order valence-corrected chi connectivity index (χ2v) is 6.07. The number of benzene rings is 2. The van der Waals surface area contributed by atoms with E-state index in [1.54, 1.807) is 32.4 Å². The zero-order chi connectivity index (χ0) is 19.6. The van der Waals surface area contributed by atoms with E-state index >= 15 is 0 Å². The van der Waals surface area contributed by atoms with Gasteiger partial charge in [-0.1, -0.05) is 26.0 Å². The van der Waals surface area contributed by atoms with Crippen molar-refractivity contribution in [2.45, 2.75) is 26.2 Å². The number of amides is 1. The molecule has 2 rings (SSSR count). The van der Waals surface area contributed by atoms with E-state index in [-0.39, 0.29) is 12.5 Å². The van der Waals surface area contributed by atoms with E-state index in [0.29, 0.717) is 23.2 Å². The fourth-order valence-electron chi connectivity index (χ4n) is 2.41. The molecular weight excluding hydrogens is 344 g/mol. The number of hydrazone groups is 1. The zero-order valence-electron chi connectivity index (χ0n) is 16.2. The van der Waals surface area contributed by atoms with Crippen molar-refractivity contribution in [1.82, 2.24) is 5.43 Å². The number of carbonyl (C=O) groups is 1. The van der Waals surface area contributed by atoms with Gasteiger partial charge in [-0.15, -0.1) is 0 Å². The maximum absolute atomic E-state index is 11.9. The molecule has 0 saturated carbocycles. The minimum atomic E-state index is -0.343. The first kappa shape index (κ1) is 20.3. The molecule has 0 fully saturated rings. The van der Waals surface area contributed by atoms with E-state index in [9.17, 15) is 4.79 Å². The third-order valence-corrected chi connectivity index (χ3v) is 4.26. The number of ether oxygens (including phenoxy) is 3. The van der Waals surface area contributed by atoms with Crippen LogP contribution in [0.3, 0.4) is 0 Å². The predicted octanol–water partition coefficient (Wildman–Crippen LogP) is 3.75. The molecule has 0 aliphatic rings. The first-order valence-corrected chi connectivity index (χ1v) is 8.84. The molecule has 0 aromatic heterocycles. The lowest BCUT2D eigenvalue weighted by Gasteiger charge is -2.10. The van der Waals surface area contributed by atoms with Gasteiger partial charge in [0.15, 0.2) is 6.61 Å². The summed E-state index contributed by atoms with van der Waals surface area (Å²) in [5.74, 6) is 2.10. The molecule has 1 unspecified atom stereocenters. The van der Waals surface area contributed by atoms with Crippen molar-refractivity contribution >= 4 is 12.1 Å². The van der Waals surface area contributed by atoms with Gasteiger partial charge in [-0.3, -0.25) is 4.79 Å². The highest BCUT2D eigenvalue weighted by atomic mass is 16.5. The molecule has 2 aromatic rings. The van der Waals surface area contributed by atoms with Gasteiger partial charge < -0.3 is 14.2 Å². The molecule has 6 nitrogen and oxygen atoms in total. The molecule has 1 N–H and O–H groups in total. The number of nitrogens with one attached hydrogen (secondary N) is 1. The van der Waals surface area contributed by atoms with Crippen LogP contribution in [0, 0.1) is 0 Å². The van der Waals surface area contributed by atoms with Gasteiger partial charge in [0.2, 0.25) is 0 Å². The molecule has 0 saturated heterocycles. The summed E-state index contributed by atoms with van der Waals surface area (Å²) < 4.78 is 15.9. The highest BCUT2D eigenvalue weighted by Crippen LogP contribution is 2.23. The maximum atomic E-state index is 11.9. The van der Waals surface area contributed by atoms with Crippen LogP contribution in [-0.4, -0.2) is 32.9 Å². The number of hydrogen-bond donors (Lipinski definition) is 1. The van der Waals surface area contributed by atoms with Gasteiger partial charge in [0.25, 0.3) is 5.91 Å². The second kappa shape index (κ2) is 10.2. The quantitative estimate of drug-likeness (QED) is 0.539. The number of hydrogen-bond acceptors (Lipinski definition) is 5. The number of rotatable bonds is 9. The minimum absolute atomic E-state index is 0.111. The van der Waals surface area contributed by atoms with E-state index in [4.69, 9.17) is 14.2 Å². The summed E-state index contributed by atoms with van der Waals surface area (Å²) in [6.07, 6.45) is 2.59. The van der Waals surface area contributed by atoms with Gasteiger partial charge in [0.05, 0.1) is 20.4 Å². The number of methoxy groups -OCH3 is 2. The van der Waals surface area contributed by atoms with E-state index in [1.165, 1.54) is 11.8 Å². The Morgan fingerprint density at radius 1 is 1.11 bits per heavy atom. The molecule has 0 radical (unpaired) electrons. The summed E-state index contributed by atoms with van der Waals surface area (Å²) >= 11 is 0. The Bertz CT molecular complexity index is 772. The van der Waals surface area contributed by atoms with Crippen molar-refractivity contribution < 1.29 is 19.0 Å². The van der Waals surface area contributed by atoms with Gasteiger partial charge in [0, 0.05) is 11.6 Å². The Labute approximate surface area is 160 Å². The normalized spacial score (nSPS) is 11.9. The molecule has 2 aromatic carbocycles. The van der Waals surface area contributed by atoms with Crippen molar-refractivity contribution in [3.8, 4) is 17.2 Å². The topological polar surface area (TPSA) is 69.2 Å². The van der Waals surface area contributed by atoms with Crippen LogP contribution >= 0.6 is 0 Å². The molecule has 0 aliphatic carbocycles. The fraction of sp³-hybridized carbons (Fsp3) is 0.333. The highest BCUT2D eigenvalue weighted by Gasteiger charge is 2.06. The lowest BCUT2D eigenvalue weighted by atomic mass is 9.99. The Morgan fingerprint density at radius 3 is 2.44 bits per heavy atom. The smallest absolute Gasteiger partial charge is 0.277 e. The summed E-state index contributed by atoms with van der Waals surface area (Å²) in [6, 6.07) is 13.1. The van der Waals surface area contributed by atoms with Crippen molar-refractivity contribution in [3.63, 3.8) is 0 Å². The highest BCUT2D eigenvalue weighted by molar-refractivity contribution is 5.85. The van der Waals surface area contributed by atoms with Gasteiger partial charge in [-0.05, 0) is 42.2 Å². The molecule has 0 bridgehead atoms. The average Bonchev–Trinajstić information content (AvgIpc) is 2.72. The zero-order valence-corrected chi connectivity index (χ0v) is 16.2. The predicted molar refractivity (Wildman–Crippen MR) is 106 cm³/mol. The molecule has 1 amide bonds. The van der Waals surface area contributed by atoms with Crippen LogP contribution in [0.5, 0.6) is 17.2 Å². The summed E-state index contributed by atoms with van der Waals surface area (Å²) in [5, 5.41) is 3.94. The second-order valence-electron chi connectivity index (χ2n) is 6.07. The third-order valence-electron chi connectivity index (χ3n) is 4.26. The van der Waals surface area contributed by atoms with Crippen LogP contribution in [0.25, 0.3) is 0 Å². The Morgan fingerprint density at radius 2 is 1.81 bits per heavy atom. The number of nitrogens with zero attached hydrogens (tertiary/aromatic N) is 1. The molecule has 1 atom stereocenters. The van der Waals surface area contributed by atoms with E-state index < -0.39 is 0 Å². The van der Waals surface area contributed by atoms with Crippen molar-refractivity contribution in [1.29, 1.82) is 0 Å².